The van der Waals surface area contributed by atoms with Crippen LogP contribution in [0.15, 0.2) is 0 Å². The molecular formula is C7H13F3N2O4S. The Hall–Kier alpha value is -1.00. The summed E-state index contributed by atoms with van der Waals surface area (Å²) in [4.78, 5) is 19.4. The second-order valence-electron chi connectivity index (χ2n) is 2.74. The predicted molar refractivity (Wildman–Crippen MR) is 50.7 cm³/mol. The van der Waals surface area contributed by atoms with Crippen molar-refractivity contribution in [2.24, 2.45) is 0 Å². The van der Waals surface area contributed by atoms with Crippen LogP contribution in [-0.2, 0) is 9.59 Å². The molecule has 1 atom stereocenters. The third kappa shape index (κ3) is 11.3. The maximum Gasteiger partial charge on any atom is 0.430 e. The fourth-order valence-corrected chi connectivity index (χ4v) is 1.00. The van der Waals surface area contributed by atoms with Crippen molar-refractivity contribution in [2.45, 2.75) is 18.6 Å². The normalized spacial score (nSPS) is 12.1. The van der Waals surface area contributed by atoms with Gasteiger partial charge in [-0.3, -0.25) is 10.0 Å². The topological polar surface area (TPSA) is 117 Å². The predicted octanol–water partition coefficient (Wildman–Crippen LogP) is -1.85. The van der Waals surface area contributed by atoms with Crippen LogP contribution in [0.2, 0.25) is 0 Å². The van der Waals surface area contributed by atoms with Crippen molar-refractivity contribution in [2.75, 3.05) is 12.0 Å². The lowest BCUT2D eigenvalue weighted by Gasteiger charge is -2.03. The van der Waals surface area contributed by atoms with Crippen molar-refractivity contribution >= 4 is 23.6 Å². The lowest BCUT2D eigenvalue weighted by Crippen LogP contribution is -2.67. The first kappa shape index (κ1) is 18.4. The molecule has 0 spiro atoms. The van der Waals surface area contributed by atoms with E-state index in [1.54, 1.807) is 17.2 Å². The maximum absolute atomic E-state index is 10.6. The number of amides is 1. The molecule has 0 saturated heterocycles. The van der Waals surface area contributed by atoms with E-state index in [2.05, 4.69) is 5.73 Å². The van der Waals surface area contributed by atoms with Gasteiger partial charge in [0, 0.05) is 6.42 Å². The Bertz CT molecular complexity index is 250. The van der Waals surface area contributed by atoms with Crippen LogP contribution in [0.25, 0.3) is 0 Å². The van der Waals surface area contributed by atoms with Gasteiger partial charge in [0.25, 0.3) is 0 Å². The summed E-state index contributed by atoms with van der Waals surface area (Å²) in [5, 5.41) is 16.9. The molecular weight excluding hydrogens is 265 g/mol. The van der Waals surface area contributed by atoms with Gasteiger partial charge in [-0.05, 0) is 12.0 Å². The number of carboxylic acid groups (broad SMARTS) is 1. The summed E-state index contributed by atoms with van der Waals surface area (Å²) in [6, 6.07) is -0.336. The van der Waals surface area contributed by atoms with Gasteiger partial charge in [-0.15, -0.1) is 0 Å². The Kier molecular flexibility index (Phi) is 9.80. The molecule has 10 heteroatoms. The molecule has 0 radical (unpaired) electrons. The second-order valence-corrected chi connectivity index (χ2v) is 3.73. The van der Waals surface area contributed by atoms with Gasteiger partial charge in [0.15, 0.2) is 6.04 Å². The molecule has 6 nitrogen and oxygen atoms in total. The number of hydroxylamine groups is 1. The van der Waals surface area contributed by atoms with E-state index in [4.69, 9.17) is 15.1 Å². The summed E-state index contributed by atoms with van der Waals surface area (Å²) in [6.45, 7) is 0. The van der Waals surface area contributed by atoms with E-state index >= 15 is 0 Å². The minimum Gasteiger partial charge on any atom is -0.542 e. The number of nitrogens with one attached hydrogen (secondary N) is 1. The zero-order valence-electron chi connectivity index (χ0n) is 8.91. The van der Waals surface area contributed by atoms with Crippen LogP contribution in [-0.4, -0.2) is 41.3 Å². The summed E-state index contributed by atoms with van der Waals surface area (Å²) in [6.07, 6.45) is -2.53. The van der Waals surface area contributed by atoms with Crippen LogP contribution >= 0.6 is 11.8 Å². The third-order valence-corrected chi connectivity index (χ3v) is 2.03. The fourth-order valence-electron chi connectivity index (χ4n) is 0.482. The number of carbonyl (C=O) groups is 2. The summed E-state index contributed by atoms with van der Waals surface area (Å²) in [5.74, 6) is -2.52. The van der Waals surface area contributed by atoms with Crippen molar-refractivity contribution in [1.29, 1.82) is 0 Å². The van der Waals surface area contributed by atoms with Crippen LogP contribution in [0.1, 0.15) is 6.42 Å². The van der Waals surface area contributed by atoms with Gasteiger partial charge < -0.3 is 15.6 Å². The number of rotatable bonds is 4. The van der Waals surface area contributed by atoms with Gasteiger partial charge >= 0.3 is 12.1 Å². The number of aliphatic carboxylic acids is 1. The first-order chi connectivity index (χ1) is 7.66. The lowest BCUT2D eigenvalue weighted by atomic mass is 10.2. The van der Waals surface area contributed by atoms with Crippen molar-refractivity contribution < 1.29 is 38.8 Å². The van der Waals surface area contributed by atoms with E-state index in [0.29, 0.717) is 6.42 Å². The molecule has 0 aromatic carbocycles. The molecule has 17 heavy (non-hydrogen) atoms. The SMILES string of the molecule is CSCCC([NH3+])C(=O)NO.O=C([O-])C(F)(F)F. The highest BCUT2D eigenvalue weighted by molar-refractivity contribution is 7.98. The van der Waals surface area contributed by atoms with Crippen LogP contribution < -0.4 is 16.3 Å². The minimum absolute atomic E-state index is 0.336. The number of quaternary nitrogens is 1. The molecule has 0 saturated carbocycles. The molecule has 102 valence electrons. The zero-order chi connectivity index (χ0) is 14.1. The van der Waals surface area contributed by atoms with Crippen molar-refractivity contribution in [3.05, 3.63) is 0 Å². The highest BCUT2D eigenvalue weighted by Gasteiger charge is 2.28. The molecule has 1 unspecified atom stereocenters. The summed E-state index contributed by atoms with van der Waals surface area (Å²) < 4.78 is 31.5. The van der Waals surface area contributed by atoms with Gasteiger partial charge in [0.1, 0.15) is 5.97 Å². The number of hydrogen-bond acceptors (Lipinski definition) is 5. The van der Waals surface area contributed by atoms with E-state index in [-0.39, 0.29) is 6.04 Å². The Morgan fingerprint density at radius 1 is 1.53 bits per heavy atom. The van der Waals surface area contributed by atoms with Crippen molar-refractivity contribution in [3.63, 3.8) is 0 Å². The monoisotopic (exact) mass is 278 g/mol. The molecule has 0 aromatic heterocycles. The molecule has 0 aliphatic carbocycles. The number of hydrogen-bond donors (Lipinski definition) is 3. The summed E-state index contributed by atoms with van der Waals surface area (Å²) in [7, 11) is 0. The Labute approximate surface area is 99.3 Å². The zero-order valence-corrected chi connectivity index (χ0v) is 9.73. The van der Waals surface area contributed by atoms with E-state index in [0.717, 1.165) is 5.75 Å². The van der Waals surface area contributed by atoms with E-state index in [1.165, 1.54) is 0 Å². The lowest BCUT2D eigenvalue weighted by molar-refractivity contribution is -0.405. The summed E-state index contributed by atoms with van der Waals surface area (Å²) in [5.41, 5.74) is 5.12. The second kappa shape index (κ2) is 9.07. The quantitative estimate of drug-likeness (QED) is 0.412. The molecule has 0 aromatic rings. The number of carbonyl (C=O) groups excluding carboxylic acids is 2. The summed E-state index contributed by atoms with van der Waals surface area (Å²) >= 11 is 1.66. The highest BCUT2D eigenvalue weighted by Crippen LogP contribution is 2.11. The number of alkyl halides is 3. The molecule has 0 aliphatic heterocycles. The van der Waals surface area contributed by atoms with Crippen molar-refractivity contribution in [3.8, 4) is 0 Å². The van der Waals surface area contributed by atoms with E-state index in [1.807, 2.05) is 6.26 Å². The van der Waals surface area contributed by atoms with E-state index < -0.39 is 18.1 Å². The van der Waals surface area contributed by atoms with Gasteiger partial charge in [0.05, 0.1) is 0 Å². The standard InChI is InChI=1S/C5H12N2O2S.C2HF3O2/c1-10-3-2-4(6)5(8)7-9;3-2(4,5)1(6)7/h4,9H,2-3,6H2,1H3,(H,7,8);(H,6,7). The Morgan fingerprint density at radius 3 is 2.18 bits per heavy atom. The molecule has 0 bridgehead atoms. The van der Waals surface area contributed by atoms with Crippen molar-refractivity contribution in [1.82, 2.24) is 5.48 Å². The number of thioether (sulfide) groups is 1. The van der Waals surface area contributed by atoms with Gasteiger partial charge in [0.2, 0.25) is 0 Å². The molecule has 0 aliphatic rings. The Balaban J connectivity index is 0. The number of halogens is 3. The first-order valence-corrected chi connectivity index (χ1v) is 5.60. The number of carboxylic acids is 1. The Morgan fingerprint density at radius 2 is 1.94 bits per heavy atom. The average molecular weight is 278 g/mol. The van der Waals surface area contributed by atoms with Gasteiger partial charge in [-0.1, -0.05) is 0 Å². The molecule has 1 amide bonds. The van der Waals surface area contributed by atoms with Gasteiger partial charge in [-0.25, -0.2) is 5.48 Å². The van der Waals surface area contributed by atoms with Crippen LogP contribution in [0, 0.1) is 0 Å². The maximum atomic E-state index is 10.6. The van der Waals surface area contributed by atoms with Crippen LogP contribution in [0.4, 0.5) is 13.2 Å². The third-order valence-electron chi connectivity index (χ3n) is 1.38. The minimum atomic E-state index is -5.19. The molecule has 0 rings (SSSR count). The van der Waals surface area contributed by atoms with Crippen LogP contribution in [0.5, 0.6) is 0 Å². The van der Waals surface area contributed by atoms with E-state index in [9.17, 15) is 18.0 Å². The average Bonchev–Trinajstić information content (AvgIpc) is 2.24. The molecule has 0 fully saturated rings. The fraction of sp³-hybridized carbons (Fsp3) is 0.714. The van der Waals surface area contributed by atoms with Crippen LogP contribution in [0.3, 0.4) is 0 Å². The van der Waals surface area contributed by atoms with Gasteiger partial charge in [-0.2, -0.15) is 24.9 Å². The molecule has 5 N–H and O–H groups in total. The largest absolute Gasteiger partial charge is 0.542 e. The smallest absolute Gasteiger partial charge is 0.430 e. The highest BCUT2D eigenvalue weighted by atomic mass is 32.2. The molecule has 0 heterocycles. The first-order valence-electron chi connectivity index (χ1n) is 4.21.